The van der Waals surface area contributed by atoms with Gasteiger partial charge in [0.25, 0.3) is 0 Å². The van der Waals surface area contributed by atoms with Crippen molar-refractivity contribution in [2.45, 2.75) is 59.7 Å². The highest BCUT2D eigenvalue weighted by Gasteiger charge is 2.37. The van der Waals surface area contributed by atoms with Crippen LogP contribution in [0.2, 0.25) is 0 Å². The summed E-state index contributed by atoms with van der Waals surface area (Å²) in [6.45, 7) is 12.0. The van der Waals surface area contributed by atoms with Gasteiger partial charge in [-0.05, 0) is 60.1 Å². The number of carboxylic acid groups (broad SMARTS) is 1. The Morgan fingerprint density at radius 2 is 1.81 bits per heavy atom. The number of aryl methyl sites for hydroxylation is 3. The van der Waals surface area contributed by atoms with Gasteiger partial charge in [0.2, 0.25) is 0 Å². The lowest BCUT2D eigenvalue weighted by Gasteiger charge is -2.24. The number of halogens is 1. The third-order valence-electron chi connectivity index (χ3n) is 5.33. The number of carboxylic acids is 1. The molecule has 2 aromatic carbocycles. The van der Waals surface area contributed by atoms with E-state index in [4.69, 9.17) is 0 Å². The summed E-state index contributed by atoms with van der Waals surface area (Å²) in [7, 11) is 0. The number of aliphatic carboxylic acids is 1. The lowest BCUT2D eigenvalue weighted by Crippen LogP contribution is -2.28. The molecule has 4 heteroatoms. The van der Waals surface area contributed by atoms with Gasteiger partial charge in [-0.1, -0.05) is 49.7 Å². The molecule has 0 bridgehead atoms. The van der Waals surface area contributed by atoms with Crippen LogP contribution in [0.3, 0.4) is 0 Å². The summed E-state index contributed by atoms with van der Waals surface area (Å²) < 4.78 is 0. The summed E-state index contributed by atoms with van der Waals surface area (Å²) in [6, 6.07) is 9.91. The van der Waals surface area contributed by atoms with E-state index in [2.05, 4.69) is 57.7 Å². The molecule has 0 fully saturated rings. The molecule has 1 N–H and O–H groups in total. The molecule has 1 atom stereocenters. The second-order valence-corrected chi connectivity index (χ2v) is 7.59. The van der Waals surface area contributed by atoms with E-state index in [9.17, 15) is 9.90 Å². The van der Waals surface area contributed by atoms with E-state index in [1.807, 2.05) is 12.1 Å². The van der Waals surface area contributed by atoms with Crippen molar-refractivity contribution in [3.63, 3.8) is 0 Å². The van der Waals surface area contributed by atoms with E-state index in [0.717, 1.165) is 5.56 Å². The van der Waals surface area contributed by atoms with E-state index in [1.54, 1.807) is 0 Å². The molecule has 2 aromatic rings. The minimum Gasteiger partial charge on any atom is -0.480 e. The molecule has 140 valence electrons. The Kier molecular flexibility index (Phi) is 6.15. The number of nitrogens with zero attached hydrogens (tertiary/aromatic N) is 1. The average molecular weight is 374 g/mol. The van der Waals surface area contributed by atoms with E-state index in [1.165, 1.54) is 33.4 Å². The Balaban J connectivity index is 0.00000243. The van der Waals surface area contributed by atoms with E-state index >= 15 is 0 Å². The summed E-state index contributed by atoms with van der Waals surface area (Å²) in [6.07, 6.45) is 0. The number of fused-ring (bicyclic) bond motifs is 1. The van der Waals surface area contributed by atoms with Crippen LogP contribution in [0, 0.1) is 20.8 Å². The molecule has 1 unspecified atom stereocenters. The molecule has 26 heavy (non-hydrogen) atoms. The molecule has 0 amide bonds. The smallest absolute Gasteiger partial charge is 0.325 e. The number of rotatable bonds is 4. The fraction of sp³-hybridized carbons (Fsp3) is 0.409. The van der Waals surface area contributed by atoms with Crippen molar-refractivity contribution in [2.75, 3.05) is 0 Å². The van der Waals surface area contributed by atoms with Gasteiger partial charge >= 0.3 is 5.97 Å². The van der Waals surface area contributed by atoms with Gasteiger partial charge in [0.15, 0.2) is 0 Å². The van der Waals surface area contributed by atoms with Crippen LogP contribution in [0.25, 0.3) is 0 Å². The first-order valence-electron chi connectivity index (χ1n) is 8.94. The average Bonchev–Trinajstić information content (AvgIpc) is 2.88. The van der Waals surface area contributed by atoms with Crippen LogP contribution in [0.1, 0.15) is 64.8 Å². The number of benzene rings is 2. The van der Waals surface area contributed by atoms with Crippen LogP contribution in [0.4, 0.5) is 0 Å². The van der Waals surface area contributed by atoms with E-state index < -0.39 is 12.0 Å². The highest BCUT2D eigenvalue weighted by atomic mass is 35.5. The van der Waals surface area contributed by atoms with Crippen molar-refractivity contribution in [2.24, 2.45) is 0 Å². The Bertz CT molecular complexity index is 806. The molecular weight excluding hydrogens is 346 g/mol. The van der Waals surface area contributed by atoms with Gasteiger partial charge in [0.05, 0.1) is 0 Å². The van der Waals surface area contributed by atoms with Gasteiger partial charge in [0.1, 0.15) is 6.04 Å². The Labute approximate surface area is 162 Å². The second kappa shape index (κ2) is 7.81. The fourth-order valence-electron chi connectivity index (χ4n) is 4.19. The van der Waals surface area contributed by atoms with Gasteiger partial charge in [0, 0.05) is 13.1 Å². The minimum absolute atomic E-state index is 0. The first kappa shape index (κ1) is 20.5. The maximum Gasteiger partial charge on any atom is 0.325 e. The lowest BCUT2D eigenvalue weighted by molar-refractivity contribution is -0.143. The highest BCUT2D eigenvalue weighted by molar-refractivity contribution is 5.85. The van der Waals surface area contributed by atoms with Crippen LogP contribution in [-0.4, -0.2) is 16.0 Å². The van der Waals surface area contributed by atoms with E-state index in [0.29, 0.717) is 19.0 Å². The Hall–Kier alpha value is -1.84. The minimum atomic E-state index is -0.762. The maximum absolute atomic E-state index is 12.0. The third-order valence-corrected chi connectivity index (χ3v) is 5.33. The molecule has 0 saturated heterocycles. The first-order valence-corrected chi connectivity index (χ1v) is 8.94. The van der Waals surface area contributed by atoms with Gasteiger partial charge in [-0.3, -0.25) is 9.69 Å². The van der Waals surface area contributed by atoms with Crippen molar-refractivity contribution in [3.05, 3.63) is 69.3 Å². The number of hydrogen-bond acceptors (Lipinski definition) is 2. The number of hydrogen-bond donors (Lipinski definition) is 1. The SMILES string of the molecule is Cc1cc(C)c(CN2Cc3c(C(C)C)cccc3C2C(=O)O)c(C)c1.Cl. The molecule has 1 heterocycles. The highest BCUT2D eigenvalue weighted by Crippen LogP contribution is 2.39. The predicted molar refractivity (Wildman–Crippen MR) is 108 cm³/mol. The normalized spacial score (nSPS) is 16.5. The van der Waals surface area contributed by atoms with Gasteiger partial charge in [-0.15, -0.1) is 12.4 Å². The molecule has 0 aliphatic carbocycles. The molecule has 0 aromatic heterocycles. The van der Waals surface area contributed by atoms with Crippen molar-refractivity contribution < 1.29 is 9.90 Å². The molecular formula is C22H28ClNO2. The molecule has 1 aliphatic heterocycles. The maximum atomic E-state index is 12.0. The van der Waals surface area contributed by atoms with Crippen molar-refractivity contribution in [1.82, 2.24) is 4.90 Å². The second-order valence-electron chi connectivity index (χ2n) is 7.59. The molecule has 0 saturated carbocycles. The zero-order valence-corrected chi connectivity index (χ0v) is 17.0. The summed E-state index contributed by atoms with van der Waals surface area (Å²) in [5.74, 6) is -0.366. The fourth-order valence-corrected chi connectivity index (χ4v) is 4.19. The van der Waals surface area contributed by atoms with Gasteiger partial charge in [-0.25, -0.2) is 0 Å². The Morgan fingerprint density at radius 3 is 2.35 bits per heavy atom. The predicted octanol–water partition coefficient (Wildman–Crippen LogP) is 5.30. The largest absolute Gasteiger partial charge is 0.480 e. The van der Waals surface area contributed by atoms with Crippen LogP contribution >= 0.6 is 12.4 Å². The third kappa shape index (κ3) is 3.65. The zero-order chi connectivity index (χ0) is 18.3. The summed E-state index contributed by atoms with van der Waals surface area (Å²) >= 11 is 0. The quantitative estimate of drug-likeness (QED) is 0.790. The molecule has 0 radical (unpaired) electrons. The van der Waals surface area contributed by atoms with Gasteiger partial charge < -0.3 is 5.11 Å². The monoisotopic (exact) mass is 373 g/mol. The van der Waals surface area contributed by atoms with Crippen LogP contribution in [-0.2, 0) is 17.9 Å². The molecule has 3 rings (SSSR count). The first-order chi connectivity index (χ1) is 11.8. The molecule has 0 spiro atoms. The summed E-state index contributed by atoms with van der Waals surface area (Å²) in [5, 5.41) is 9.88. The van der Waals surface area contributed by atoms with Crippen LogP contribution < -0.4 is 0 Å². The van der Waals surface area contributed by atoms with Crippen molar-refractivity contribution >= 4 is 18.4 Å². The number of carbonyl (C=O) groups is 1. The van der Waals surface area contributed by atoms with Crippen molar-refractivity contribution in [1.29, 1.82) is 0 Å². The summed E-state index contributed by atoms with van der Waals surface area (Å²) in [5.41, 5.74) is 8.40. The Morgan fingerprint density at radius 1 is 1.19 bits per heavy atom. The van der Waals surface area contributed by atoms with Crippen LogP contribution in [0.15, 0.2) is 30.3 Å². The molecule has 3 nitrogen and oxygen atoms in total. The van der Waals surface area contributed by atoms with Gasteiger partial charge in [-0.2, -0.15) is 0 Å². The van der Waals surface area contributed by atoms with Crippen molar-refractivity contribution in [3.8, 4) is 0 Å². The standard InChI is InChI=1S/C22H27NO2.ClH/c1-13(2)17-7-6-8-18-20(17)12-23(21(18)22(24)25)11-19-15(4)9-14(3)10-16(19)5;/h6-10,13,21H,11-12H2,1-5H3,(H,24,25);1H. The summed E-state index contributed by atoms with van der Waals surface area (Å²) in [4.78, 5) is 14.1. The molecule has 1 aliphatic rings. The lowest BCUT2D eigenvalue weighted by atomic mass is 9.93. The van der Waals surface area contributed by atoms with Crippen LogP contribution in [0.5, 0.6) is 0 Å². The van der Waals surface area contributed by atoms with E-state index in [-0.39, 0.29) is 12.4 Å². The topological polar surface area (TPSA) is 40.5 Å². The zero-order valence-electron chi connectivity index (χ0n) is 16.2.